The quantitative estimate of drug-likeness (QED) is 0.640. The highest BCUT2D eigenvalue weighted by atomic mass is 35.5. The van der Waals surface area contributed by atoms with E-state index in [9.17, 15) is 27.6 Å². The van der Waals surface area contributed by atoms with Crippen LogP contribution in [0.3, 0.4) is 0 Å². The molecule has 35 heavy (non-hydrogen) atoms. The van der Waals surface area contributed by atoms with E-state index in [1.165, 1.54) is 6.07 Å². The minimum absolute atomic E-state index is 0.174. The van der Waals surface area contributed by atoms with Crippen molar-refractivity contribution in [3.63, 3.8) is 0 Å². The molecule has 6 nitrogen and oxygen atoms in total. The molecule has 2 aromatic rings. The van der Waals surface area contributed by atoms with Gasteiger partial charge in [-0.1, -0.05) is 29.8 Å². The fourth-order valence-corrected chi connectivity index (χ4v) is 7.26. The molecular weight excluding hydrogens is 483 g/mol. The van der Waals surface area contributed by atoms with Crippen LogP contribution in [-0.4, -0.2) is 36.9 Å². The number of likely N-dealkylation sites (N-methyl/N-ethyl adjacent to an activating group) is 1. The van der Waals surface area contributed by atoms with E-state index in [0.717, 1.165) is 39.6 Å². The van der Waals surface area contributed by atoms with E-state index in [4.69, 9.17) is 11.6 Å². The molecule has 4 heterocycles. The van der Waals surface area contributed by atoms with Crippen LogP contribution in [0.4, 0.5) is 24.5 Å². The van der Waals surface area contributed by atoms with Crippen LogP contribution in [-0.2, 0) is 26.1 Å². The maximum Gasteiger partial charge on any atom is 0.417 e. The molecule has 0 bridgehead atoms. The van der Waals surface area contributed by atoms with Crippen LogP contribution in [0.1, 0.15) is 30.9 Å². The molecule has 10 heteroatoms. The van der Waals surface area contributed by atoms with Gasteiger partial charge in [0.2, 0.25) is 17.4 Å². The molecule has 4 aliphatic rings. The standard InChI is InChI=1S/C25H21ClF3N3O3/c1-2-30-17-7-4-3-6-14(17)24(23(30)35)20-19(18-8-5-11-31(18)24)21(33)32(22(20)34)13-9-10-16(26)15(12-13)25(27,28)29/h3-4,6-7,9-10,12,18-20H,2,5,8,11H2,1H3/p+1/t18-,19+,20-,24+/m0/s1. The van der Waals surface area contributed by atoms with E-state index in [1.54, 1.807) is 4.90 Å². The van der Waals surface area contributed by atoms with E-state index in [-0.39, 0.29) is 17.6 Å². The minimum Gasteiger partial charge on any atom is -0.315 e. The van der Waals surface area contributed by atoms with Crippen molar-refractivity contribution in [3.05, 3.63) is 58.6 Å². The van der Waals surface area contributed by atoms with Gasteiger partial charge in [0.15, 0.2) is 0 Å². The maximum atomic E-state index is 14.1. The van der Waals surface area contributed by atoms with Gasteiger partial charge in [-0.3, -0.25) is 14.4 Å². The lowest BCUT2D eigenvalue weighted by molar-refractivity contribution is -0.948. The van der Waals surface area contributed by atoms with Crippen molar-refractivity contribution >= 4 is 40.7 Å². The number of nitrogens with one attached hydrogen (secondary N) is 1. The third-order valence-electron chi connectivity index (χ3n) is 8.20. The van der Waals surface area contributed by atoms with Crippen molar-refractivity contribution in [1.82, 2.24) is 0 Å². The maximum absolute atomic E-state index is 14.1. The van der Waals surface area contributed by atoms with E-state index in [0.29, 0.717) is 19.5 Å². The SMILES string of the molecule is CCN1C(=O)[C@@]2(c3ccccc31)[C@@H]1C(=O)N(c3ccc(Cl)c(C(F)(F)F)c3)C(=O)[C@@H]1[C@@H]1CCC[NH+]12. The molecule has 0 saturated carbocycles. The molecule has 3 saturated heterocycles. The Balaban J connectivity index is 1.53. The predicted octanol–water partition coefficient (Wildman–Crippen LogP) is 2.79. The lowest BCUT2D eigenvalue weighted by Crippen LogP contribution is -3.20. The van der Waals surface area contributed by atoms with Crippen LogP contribution in [0.25, 0.3) is 0 Å². The van der Waals surface area contributed by atoms with Crippen molar-refractivity contribution in [2.75, 3.05) is 22.9 Å². The number of carbonyl (C=O) groups is 3. The third kappa shape index (κ3) is 2.68. The zero-order chi connectivity index (χ0) is 24.9. The molecule has 2 aromatic carbocycles. The average molecular weight is 505 g/mol. The molecule has 0 aliphatic carbocycles. The topological polar surface area (TPSA) is 62.1 Å². The molecule has 1 N–H and O–H groups in total. The number of rotatable bonds is 2. The molecule has 1 spiro atoms. The van der Waals surface area contributed by atoms with Gasteiger partial charge in [0.25, 0.3) is 5.91 Å². The number of para-hydroxylation sites is 1. The van der Waals surface area contributed by atoms with Gasteiger partial charge in [-0.15, -0.1) is 0 Å². The Morgan fingerprint density at radius 2 is 1.86 bits per heavy atom. The van der Waals surface area contributed by atoms with Crippen LogP contribution in [0.15, 0.2) is 42.5 Å². The van der Waals surface area contributed by atoms with Crippen LogP contribution in [0.2, 0.25) is 5.02 Å². The highest BCUT2D eigenvalue weighted by Gasteiger charge is 2.79. The first-order chi connectivity index (χ1) is 16.6. The molecule has 6 rings (SSSR count). The van der Waals surface area contributed by atoms with E-state index >= 15 is 0 Å². The van der Waals surface area contributed by atoms with Crippen LogP contribution >= 0.6 is 11.6 Å². The van der Waals surface area contributed by atoms with E-state index < -0.39 is 46.0 Å². The molecule has 182 valence electrons. The molecule has 1 unspecified atom stereocenters. The Bertz CT molecular complexity index is 1300. The summed E-state index contributed by atoms with van der Waals surface area (Å²) in [4.78, 5) is 45.3. The summed E-state index contributed by atoms with van der Waals surface area (Å²) in [6.45, 7) is 2.91. The molecule has 3 fully saturated rings. The smallest absolute Gasteiger partial charge is 0.315 e. The number of hydrogen-bond donors (Lipinski definition) is 1. The normalized spacial score (nSPS) is 31.5. The van der Waals surface area contributed by atoms with Crippen molar-refractivity contribution in [2.45, 2.75) is 37.5 Å². The summed E-state index contributed by atoms with van der Waals surface area (Å²) in [5, 5.41) is -0.512. The zero-order valence-electron chi connectivity index (χ0n) is 18.7. The van der Waals surface area contributed by atoms with Crippen molar-refractivity contribution < 1.29 is 32.5 Å². The number of halogens is 4. The number of quaternary nitrogens is 1. The third-order valence-corrected chi connectivity index (χ3v) is 8.53. The number of carbonyl (C=O) groups excluding carboxylic acids is 3. The van der Waals surface area contributed by atoms with Crippen LogP contribution in [0.5, 0.6) is 0 Å². The summed E-state index contributed by atoms with van der Waals surface area (Å²) in [5.41, 5.74) is -1.11. The van der Waals surface area contributed by atoms with Crippen molar-refractivity contribution in [2.24, 2.45) is 11.8 Å². The number of nitrogens with zero attached hydrogens (tertiary/aromatic N) is 2. The van der Waals surface area contributed by atoms with Crippen LogP contribution in [0, 0.1) is 11.8 Å². The van der Waals surface area contributed by atoms with Gasteiger partial charge < -0.3 is 9.80 Å². The Hall–Kier alpha value is -2.91. The Morgan fingerprint density at radius 1 is 1.11 bits per heavy atom. The fourth-order valence-electron chi connectivity index (χ4n) is 7.04. The largest absolute Gasteiger partial charge is 0.417 e. The predicted molar refractivity (Wildman–Crippen MR) is 121 cm³/mol. The number of alkyl halides is 3. The van der Waals surface area contributed by atoms with Crippen molar-refractivity contribution in [1.29, 1.82) is 0 Å². The summed E-state index contributed by atoms with van der Waals surface area (Å²) in [6.07, 6.45) is -3.28. The molecular formula is C25H22ClF3N3O3+. The summed E-state index contributed by atoms with van der Waals surface area (Å²) < 4.78 is 40.6. The highest BCUT2D eigenvalue weighted by molar-refractivity contribution is 6.32. The van der Waals surface area contributed by atoms with E-state index in [1.807, 2.05) is 31.2 Å². The molecule has 0 radical (unpaired) electrons. The summed E-state index contributed by atoms with van der Waals surface area (Å²) in [5.74, 6) is -3.15. The van der Waals surface area contributed by atoms with Gasteiger partial charge in [-0.2, -0.15) is 13.2 Å². The second kappa shape index (κ2) is 7.30. The summed E-state index contributed by atoms with van der Waals surface area (Å²) >= 11 is 5.77. The first-order valence-corrected chi connectivity index (χ1v) is 12.0. The van der Waals surface area contributed by atoms with Gasteiger partial charge in [-0.25, -0.2) is 4.90 Å². The number of hydrogen-bond acceptors (Lipinski definition) is 3. The molecule has 4 aliphatic heterocycles. The number of fused-ring (bicyclic) bond motifs is 7. The fraction of sp³-hybridized carbons (Fsp3) is 0.400. The van der Waals surface area contributed by atoms with E-state index in [2.05, 4.69) is 0 Å². The van der Waals surface area contributed by atoms with Crippen molar-refractivity contribution in [3.8, 4) is 0 Å². The number of benzene rings is 2. The highest BCUT2D eigenvalue weighted by Crippen LogP contribution is 2.54. The van der Waals surface area contributed by atoms with Gasteiger partial charge >= 0.3 is 6.18 Å². The molecule has 5 atom stereocenters. The zero-order valence-corrected chi connectivity index (χ0v) is 19.5. The van der Waals surface area contributed by atoms with Gasteiger partial charge in [0.1, 0.15) is 17.9 Å². The minimum atomic E-state index is -4.75. The number of anilines is 2. The average Bonchev–Trinajstić information content (AvgIpc) is 3.51. The van der Waals surface area contributed by atoms with Gasteiger partial charge in [0.05, 0.1) is 28.5 Å². The second-order valence-corrected chi connectivity index (χ2v) is 9.98. The Morgan fingerprint density at radius 3 is 2.57 bits per heavy atom. The lowest BCUT2D eigenvalue weighted by Gasteiger charge is -2.34. The van der Waals surface area contributed by atoms with Crippen LogP contribution < -0.4 is 14.7 Å². The lowest BCUT2D eigenvalue weighted by atomic mass is 9.75. The first-order valence-electron chi connectivity index (χ1n) is 11.7. The second-order valence-electron chi connectivity index (χ2n) is 9.58. The first kappa shape index (κ1) is 22.5. The Labute approximate surface area is 204 Å². The molecule has 0 aromatic heterocycles. The van der Waals surface area contributed by atoms with Gasteiger partial charge in [0, 0.05) is 24.9 Å². The Kier molecular flexibility index (Phi) is 4.70. The number of amides is 3. The van der Waals surface area contributed by atoms with Gasteiger partial charge in [-0.05, 0) is 31.2 Å². The summed E-state index contributed by atoms with van der Waals surface area (Å²) in [7, 11) is 0. The summed E-state index contributed by atoms with van der Waals surface area (Å²) in [6, 6.07) is 10.1. The number of imide groups is 1. The monoisotopic (exact) mass is 504 g/mol. The molecule has 3 amide bonds.